The number of nitrogens with one attached hydrogen (secondary N) is 1. The van der Waals surface area contributed by atoms with E-state index in [4.69, 9.17) is 32.7 Å². The summed E-state index contributed by atoms with van der Waals surface area (Å²) in [5.41, 5.74) is 1.56. The number of ether oxygens (including phenoxy) is 2. The number of aryl methyl sites for hydroxylation is 1. The molecule has 122 valence electrons. The van der Waals surface area contributed by atoms with Crippen molar-refractivity contribution in [3.63, 3.8) is 0 Å². The Morgan fingerprint density at radius 1 is 1.04 bits per heavy atom. The number of carbonyl (C=O) groups excluding carboxylic acids is 1. The highest BCUT2D eigenvalue weighted by atomic mass is 35.5. The number of benzene rings is 2. The fourth-order valence-corrected chi connectivity index (χ4v) is 2.39. The Labute approximate surface area is 145 Å². The van der Waals surface area contributed by atoms with Crippen LogP contribution in [0.5, 0.6) is 11.5 Å². The Morgan fingerprint density at radius 3 is 2.48 bits per heavy atom. The van der Waals surface area contributed by atoms with Gasteiger partial charge in [0.2, 0.25) is 5.91 Å². The molecule has 0 heterocycles. The van der Waals surface area contributed by atoms with Crippen LogP contribution in [-0.4, -0.2) is 20.1 Å². The number of amides is 1. The third-order valence-corrected chi connectivity index (χ3v) is 4.05. The van der Waals surface area contributed by atoms with Crippen LogP contribution in [0.4, 0.5) is 5.69 Å². The summed E-state index contributed by atoms with van der Waals surface area (Å²) >= 11 is 11.8. The van der Waals surface area contributed by atoms with Crippen LogP contribution in [0.1, 0.15) is 12.0 Å². The molecule has 0 fully saturated rings. The Bertz CT molecular complexity index is 704. The lowest BCUT2D eigenvalue weighted by Gasteiger charge is -2.11. The lowest BCUT2D eigenvalue weighted by atomic mass is 10.1. The molecule has 2 rings (SSSR count). The first-order chi connectivity index (χ1) is 11.0. The minimum atomic E-state index is -0.112. The van der Waals surface area contributed by atoms with Gasteiger partial charge in [-0.2, -0.15) is 0 Å². The second-order valence-electron chi connectivity index (χ2n) is 4.86. The maximum atomic E-state index is 12.1. The molecule has 0 saturated heterocycles. The molecular weight excluding hydrogens is 337 g/mol. The Morgan fingerprint density at radius 2 is 1.83 bits per heavy atom. The highest BCUT2D eigenvalue weighted by Gasteiger charge is 2.09. The van der Waals surface area contributed by atoms with E-state index in [1.54, 1.807) is 44.6 Å². The fourth-order valence-electron chi connectivity index (χ4n) is 2.07. The van der Waals surface area contributed by atoms with E-state index < -0.39 is 0 Å². The fraction of sp³-hybridized carbons (Fsp3) is 0.235. The average molecular weight is 354 g/mol. The zero-order chi connectivity index (χ0) is 16.8. The molecule has 2 aromatic carbocycles. The number of rotatable bonds is 6. The van der Waals surface area contributed by atoms with Crippen LogP contribution in [0.2, 0.25) is 10.0 Å². The van der Waals surface area contributed by atoms with Crippen LogP contribution in [0.15, 0.2) is 36.4 Å². The smallest absolute Gasteiger partial charge is 0.224 e. The van der Waals surface area contributed by atoms with Crippen LogP contribution < -0.4 is 14.8 Å². The van der Waals surface area contributed by atoms with E-state index in [1.165, 1.54) is 0 Å². The predicted molar refractivity (Wildman–Crippen MR) is 93.0 cm³/mol. The third kappa shape index (κ3) is 4.78. The van der Waals surface area contributed by atoms with E-state index in [9.17, 15) is 4.79 Å². The van der Waals surface area contributed by atoms with Crippen molar-refractivity contribution in [2.45, 2.75) is 12.8 Å². The van der Waals surface area contributed by atoms with E-state index in [0.29, 0.717) is 40.1 Å². The van der Waals surface area contributed by atoms with Gasteiger partial charge in [-0.1, -0.05) is 29.3 Å². The molecule has 6 heteroatoms. The summed E-state index contributed by atoms with van der Waals surface area (Å²) in [4.78, 5) is 12.1. The minimum absolute atomic E-state index is 0.112. The molecule has 23 heavy (non-hydrogen) atoms. The summed E-state index contributed by atoms with van der Waals surface area (Å²) < 4.78 is 10.4. The zero-order valence-corrected chi connectivity index (χ0v) is 14.4. The van der Waals surface area contributed by atoms with Gasteiger partial charge in [-0.15, -0.1) is 0 Å². The van der Waals surface area contributed by atoms with Gasteiger partial charge in [0.25, 0.3) is 0 Å². The first kappa shape index (κ1) is 17.4. The van der Waals surface area contributed by atoms with Gasteiger partial charge < -0.3 is 14.8 Å². The molecule has 2 aromatic rings. The van der Waals surface area contributed by atoms with Crippen molar-refractivity contribution in [1.29, 1.82) is 0 Å². The highest BCUT2D eigenvalue weighted by molar-refractivity contribution is 6.42. The van der Waals surface area contributed by atoms with Crippen LogP contribution >= 0.6 is 23.2 Å². The molecule has 0 aliphatic heterocycles. The van der Waals surface area contributed by atoms with Gasteiger partial charge in [-0.3, -0.25) is 4.79 Å². The van der Waals surface area contributed by atoms with Crippen LogP contribution in [0.3, 0.4) is 0 Å². The second kappa shape index (κ2) is 8.09. The summed E-state index contributed by atoms with van der Waals surface area (Å²) in [7, 11) is 3.12. The molecule has 0 saturated carbocycles. The molecular formula is C17H17Cl2NO3. The van der Waals surface area contributed by atoms with E-state index in [-0.39, 0.29) is 5.91 Å². The van der Waals surface area contributed by atoms with Crippen molar-refractivity contribution in [3.8, 4) is 11.5 Å². The molecule has 0 aliphatic carbocycles. The van der Waals surface area contributed by atoms with Crippen molar-refractivity contribution < 1.29 is 14.3 Å². The van der Waals surface area contributed by atoms with E-state index in [2.05, 4.69) is 5.32 Å². The number of hydrogen-bond donors (Lipinski definition) is 1. The van der Waals surface area contributed by atoms with Crippen molar-refractivity contribution in [3.05, 3.63) is 52.0 Å². The summed E-state index contributed by atoms with van der Waals surface area (Å²) in [5, 5.41) is 3.82. The number of halogens is 2. The normalized spacial score (nSPS) is 10.3. The van der Waals surface area contributed by atoms with Crippen LogP contribution in [0.25, 0.3) is 0 Å². The number of hydrogen-bond acceptors (Lipinski definition) is 3. The predicted octanol–water partition coefficient (Wildman–Crippen LogP) is 4.58. The minimum Gasteiger partial charge on any atom is -0.497 e. The van der Waals surface area contributed by atoms with E-state index >= 15 is 0 Å². The first-order valence-electron chi connectivity index (χ1n) is 6.99. The highest BCUT2D eigenvalue weighted by Crippen LogP contribution is 2.29. The molecule has 1 N–H and O–H groups in total. The maximum Gasteiger partial charge on any atom is 0.224 e. The van der Waals surface area contributed by atoms with Crippen LogP contribution in [-0.2, 0) is 11.2 Å². The van der Waals surface area contributed by atoms with Gasteiger partial charge in [-0.05, 0) is 36.2 Å². The van der Waals surface area contributed by atoms with Crippen molar-refractivity contribution >= 4 is 34.8 Å². The molecule has 0 aliphatic rings. The summed E-state index contributed by atoms with van der Waals surface area (Å²) in [6, 6.07) is 10.6. The van der Waals surface area contributed by atoms with Gasteiger partial charge in [0.05, 0.1) is 30.0 Å². The molecule has 4 nitrogen and oxygen atoms in total. The summed E-state index contributed by atoms with van der Waals surface area (Å²) in [6.07, 6.45) is 0.897. The topological polar surface area (TPSA) is 47.6 Å². The molecule has 1 amide bonds. The second-order valence-corrected chi connectivity index (χ2v) is 5.68. The standard InChI is InChI=1S/C17H17Cl2NO3/c1-22-12-5-7-15(16(10-12)23-2)20-17(21)8-4-11-3-6-13(18)14(19)9-11/h3,5-7,9-10H,4,8H2,1-2H3,(H,20,21). The van der Waals surface area contributed by atoms with Gasteiger partial charge in [0.15, 0.2) is 0 Å². The molecule has 0 bridgehead atoms. The van der Waals surface area contributed by atoms with E-state index in [1.807, 2.05) is 6.07 Å². The average Bonchev–Trinajstić information content (AvgIpc) is 2.56. The quantitative estimate of drug-likeness (QED) is 0.826. The summed E-state index contributed by atoms with van der Waals surface area (Å²) in [6.45, 7) is 0. The number of carbonyl (C=O) groups is 1. The molecule has 0 radical (unpaired) electrons. The number of anilines is 1. The van der Waals surface area contributed by atoms with Gasteiger partial charge in [0, 0.05) is 12.5 Å². The molecule has 0 unspecified atom stereocenters. The largest absolute Gasteiger partial charge is 0.497 e. The Hall–Kier alpha value is -1.91. The third-order valence-electron chi connectivity index (χ3n) is 3.31. The SMILES string of the molecule is COc1ccc(NC(=O)CCc2ccc(Cl)c(Cl)c2)c(OC)c1. The Kier molecular flexibility index (Phi) is 6.13. The Balaban J connectivity index is 1.98. The monoisotopic (exact) mass is 353 g/mol. The van der Waals surface area contributed by atoms with Gasteiger partial charge in [0.1, 0.15) is 11.5 Å². The zero-order valence-electron chi connectivity index (χ0n) is 12.9. The van der Waals surface area contributed by atoms with Crippen LogP contribution in [0, 0.1) is 0 Å². The molecule has 0 atom stereocenters. The summed E-state index contributed by atoms with van der Waals surface area (Å²) in [5.74, 6) is 1.10. The van der Waals surface area contributed by atoms with Crippen molar-refractivity contribution in [2.75, 3.05) is 19.5 Å². The van der Waals surface area contributed by atoms with E-state index in [0.717, 1.165) is 5.56 Å². The van der Waals surface area contributed by atoms with Crippen molar-refractivity contribution in [1.82, 2.24) is 0 Å². The molecule has 0 spiro atoms. The van der Waals surface area contributed by atoms with Gasteiger partial charge >= 0.3 is 0 Å². The van der Waals surface area contributed by atoms with Gasteiger partial charge in [-0.25, -0.2) is 0 Å². The number of methoxy groups -OCH3 is 2. The van der Waals surface area contributed by atoms with Crippen molar-refractivity contribution in [2.24, 2.45) is 0 Å². The maximum absolute atomic E-state index is 12.1. The lowest BCUT2D eigenvalue weighted by molar-refractivity contribution is -0.116. The first-order valence-corrected chi connectivity index (χ1v) is 7.75. The molecule has 0 aromatic heterocycles. The lowest BCUT2D eigenvalue weighted by Crippen LogP contribution is -2.13.